The average Bonchev–Trinajstić information content (AvgIpc) is 3.58. The lowest BCUT2D eigenvalue weighted by Crippen LogP contribution is -2.16. The zero-order valence-corrected chi connectivity index (χ0v) is 19.6. The lowest BCUT2D eigenvalue weighted by Gasteiger charge is -2.22. The number of anilines is 1. The van der Waals surface area contributed by atoms with E-state index in [1.165, 1.54) is 16.2 Å². The SMILES string of the molecule is N#Cc1c(SCc2ccccc2)nn2c1NC(c1cccc3c1OCO3)P2(=O)c1ccccc1. The number of thioether (sulfide) groups is 1. The predicted molar refractivity (Wildman–Crippen MR) is 131 cm³/mol. The van der Waals surface area contributed by atoms with Crippen LogP contribution in [0.2, 0.25) is 0 Å². The van der Waals surface area contributed by atoms with Crippen LogP contribution in [-0.2, 0) is 10.3 Å². The summed E-state index contributed by atoms with van der Waals surface area (Å²) >= 11 is 1.46. The van der Waals surface area contributed by atoms with Crippen molar-refractivity contribution in [2.24, 2.45) is 0 Å². The molecule has 1 aromatic heterocycles. The number of aromatic nitrogens is 2. The lowest BCUT2D eigenvalue weighted by atomic mass is 10.2. The fraction of sp³-hybridized carbons (Fsp3) is 0.120. The molecule has 2 atom stereocenters. The molecule has 2 aliphatic rings. The van der Waals surface area contributed by atoms with E-state index in [0.717, 1.165) is 11.1 Å². The van der Waals surface area contributed by atoms with Crippen LogP contribution >= 0.6 is 19.1 Å². The Morgan fingerprint density at radius 3 is 2.59 bits per heavy atom. The van der Waals surface area contributed by atoms with Crippen molar-refractivity contribution in [3.8, 4) is 17.6 Å². The first kappa shape index (κ1) is 20.9. The molecule has 0 radical (unpaired) electrons. The van der Waals surface area contributed by atoms with Gasteiger partial charge in [-0.2, -0.15) is 14.8 Å². The fourth-order valence-electron chi connectivity index (χ4n) is 4.32. The minimum atomic E-state index is -3.40. The van der Waals surface area contributed by atoms with Crippen molar-refractivity contribution in [1.82, 2.24) is 9.55 Å². The molecule has 0 bridgehead atoms. The Balaban J connectivity index is 1.47. The number of nitrogens with zero attached hydrogens (tertiary/aromatic N) is 3. The van der Waals surface area contributed by atoms with E-state index in [1.54, 1.807) is 0 Å². The number of fused-ring (bicyclic) bond motifs is 2. The summed E-state index contributed by atoms with van der Waals surface area (Å²) in [5.74, 6) is 1.66. The van der Waals surface area contributed by atoms with E-state index in [9.17, 15) is 9.83 Å². The Kier molecular flexibility index (Phi) is 5.09. The van der Waals surface area contributed by atoms with Crippen LogP contribution in [0.5, 0.6) is 11.5 Å². The molecule has 34 heavy (non-hydrogen) atoms. The van der Waals surface area contributed by atoms with Gasteiger partial charge in [0.15, 0.2) is 17.3 Å². The highest BCUT2D eigenvalue weighted by atomic mass is 32.2. The highest BCUT2D eigenvalue weighted by Crippen LogP contribution is 2.67. The fourth-order valence-corrected chi connectivity index (χ4v) is 8.19. The van der Waals surface area contributed by atoms with E-state index in [1.807, 2.05) is 78.9 Å². The maximum Gasteiger partial charge on any atom is 0.247 e. The number of rotatable bonds is 5. The number of ether oxygens (including phenoxy) is 2. The Morgan fingerprint density at radius 2 is 1.82 bits per heavy atom. The van der Waals surface area contributed by atoms with Crippen molar-refractivity contribution in [2.75, 3.05) is 12.1 Å². The van der Waals surface area contributed by atoms with Crippen molar-refractivity contribution in [3.63, 3.8) is 0 Å². The van der Waals surface area contributed by atoms with Crippen LogP contribution in [0.1, 0.15) is 22.5 Å². The molecule has 9 heteroatoms. The Morgan fingerprint density at radius 1 is 1.06 bits per heavy atom. The van der Waals surface area contributed by atoms with E-state index in [2.05, 4.69) is 11.4 Å². The van der Waals surface area contributed by atoms with E-state index in [0.29, 0.717) is 39.0 Å². The summed E-state index contributed by atoms with van der Waals surface area (Å²) in [6, 6.07) is 27.1. The standard InChI is InChI=1S/C25H19N4O3PS/c26-14-20-23-27-24(19-12-7-13-21-22(19)32-16-31-21)33(30,18-10-5-2-6-11-18)29(23)28-25(20)34-15-17-8-3-1-4-9-17/h1-13,24,27H,15-16H2. The molecule has 2 aliphatic heterocycles. The molecule has 4 aromatic rings. The van der Waals surface area contributed by atoms with Crippen LogP contribution in [0.3, 0.4) is 0 Å². The summed E-state index contributed by atoms with van der Waals surface area (Å²) in [6.45, 7) is 0.114. The minimum Gasteiger partial charge on any atom is -0.454 e. The summed E-state index contributed by atoms with van der Waals surface area (Å²) in [4.78, 5) is 0. The van der Waals surface area contributed by atoms with Gasteiger partial charge >= 0.3 is 0 Å². The topological polar surface area (TPSA) is 89.2 Å². The van der Waals surface area contributed by atoms with Crippen molar-refractivity contribution >= 4 is 30.2 Å². The van der Waals surface area contributed by atoms with Gasteiger partial charge in [0.2, 0.25) is 14.1 Å². The first-order valence-electron chi connectivity index (χ1n) is 10.7. The Bertz CT molecular complexity index is 1470. The molecule has 3 aromatic carbocycles. The molecule has 2 unspecified atom stereocenters. The number of hydrogen-bond acceptors (Lipinski definition) is 7. The van der Waals surface area contributed by atoms with E-state index >= 15 is 0 Å². The van der Waals surface area contributed by atoms with Gasteiger partial charge in [0.1, 0.15) is 22.4 Å². The second kappa shape index (κ2) is 8.28. The normalized spacial score (nSPS) is 19.9. The van der Waals surface area contributed by atoms with Crippen molar-refractivity contribution in [2.45, 2.75) is 16.6 Å². The van der Waals surface area contributed by atoms with Crippen LogP contribution in [-0.4, -0.2) is 16.3 Å². The first-order valence-corrected chi connectivity index (χ1v) is 13.4. The van der Waals surface area contributed by atoms with Gasteiger partial charge in [-0.15, -0.1) is 0 Å². The van der Waals surface area contributed by atoms with Gasteiger partial charge in [0, 0.05) is 16.6 Å². The molecule has 0 fully saturated rings. The molecule has 0 saturated carbocycles. The van der Waals surface area contributed by atoms with Crippen molar-refractivity contribution in [1.29, 1.82) is 5.26 Å². The van der Waals surface area contributed by atoms with Gasteiger partial charge in [-0.1, -0.05) is 72.4 Å². The Hall–Kier alpha value is -3.66. The molecule has 0 amide bonds. The summed E-state index contributed by atoms with van der Waals surface area (Å²) in [5, 5.41) is 19.3. The third-order valence-corrected chi connectivity index (χ3v) is 9.95. The maximum atomic E-state index is 14.9. The van der Waals surface area contributed by atoms with Crippen LogP contribution in [0.4, 0.5) is 5.82 Å². The maximum absolute atomic E-state index is 14.9. The van der Waals surface area contributed by atoms with E-state index < -0.39 is 13.1 Å². The zero-order chi connectivity index (χ0) is 23.1. The van der Waals surface area contributed by atoms with Crippen LogP contribution in [0, 0.1) is 11.3 Å². The van der Waals surface area contributed by atoms with Gasteiger partial charge in [0.25, 0.3) is 0 Å². The molecule has 168 valence electrons. The summed E-state index contributed by atoms with van der Waals surface area (Å²) in [5.41, 5.74) is 2.23. The average molecular weight is 486 g/mol. The molecular weight excluding hydrogens is 467 g/mol. The van der Waals surface area contributed by atoms with Crippen LogP contribution in [0.25, 0.3) is 0 Å². The predicted octanol–water partition coefficient (Wildman–Crippen LogP) is 5.35. The van der Waals surface area contributed by atoms with Gasteiger partial charge in [-0.3, -0.25) is 4.57 Å². The molecule has 1 N–H and O–H groups in total. The first-order chi connectivity index (χ1) is 16.7. The highest BCUT2D eigenvalue weighted by molar-refractivity contribution is 7.98. The van der Waals surface area contributed by atoms with Gasteiger partial charge in [0.05, 0.1) is 0 Å². The summed E-state index contributed by atoms with van der Waals surface area (Å²) in [6.07, 6.45) is 0. The second-order valence-corrected chi connectivity index (χ2v) is 11.5. The molecule has 6 rings (SSSR count). The third kappa shape index (κ3) is 3.20. The molecule has 7 nitrogen and oxygen atoms in total. The smallest absolute Gasteiger partial charge is 0.247 e. The van der Waals surface area contributed by atoms with E-state index in [-0.39, 0.29) is 6.79 Å². The highest BCUT2D eigenvalue weighted by Gasteiger charge is 2.49. The van der Waals surface area contributed by atoms with Gasteiger partial charge in [-0.25, -0.2) is 0 Å². The molecular formula is C25H19N4O3PS. The van der Waals surface area contributed by atoms with Gasteiger partial charge < -0.3 is 14.8 Å². The largest absolute Gasteiger partial charge is 0.454 e. The monoisotopic (exact) mass is 486 g/mol. The Labute approximate surface area is 200 Å². The number of nitrogens with one attached hydrogen (secondary N) is 1. The van der Waals surface area contributed by atoms with Crippen LogP contribution < -0.4 is 20.1 Å². The molecule has 0 spiro atoms. The number of nitriles is 1. The second-order valence-electron chi connectivity index (χ2n) is 7.89. The number of para-hydroxylation sites is 1. The quantitative estimate of drug-likeness (QED) is 0.300. The number of benzene rings is 3. The minimum absolute atomic E-state index is 0.114. The number of hydrogen-bond donors (Lipinski definition) is 1. The zero-order valence-electron chi connectivity index (χ0n) is 17.9. The van der Waals surface area contributed by atoms with E-state index in [4.69, 9.17) is 14.6 Å². The summed E-state index contributed by atoms with van der Waals surface area (Å²) < 4.78 is 27.8. The van der Waals surface area contributed by atoms with Crippen molar-refractivity contribution in [3.05, 3.63) is 95.6 Å². The molecule has 3 heterocycles. The lowest BCUT2D eigenvalue weighted by molar-refractivity contribution is 0.173. The molecule has 0 aliphatic carbocycles. The molecule has 0 saturated heterocycles. The van der Waals surface area contributed by atoms with Gasteiger partial charge in [-0.05, 0) is 23.8 Å². The third-order valence-electron chi connectivity index (χ3n) is 5.92. The summed E-state index contributed by atoms with van der Waals surface area (Å²) in [7, 11) is -3.40. The van der Waals surface area contributed by atoms with Crippen LogP contribution in [0.15, 0.2) is 83.9 Å². The van der Waals surface area contributed by atoms with Crippen molar-refractivity contribution < 1.29 is 14.0 Å².